The first kappa shape index (κ1) is 6.99. The lowest BCUT2D eigenvalue weighted by Gasteiger charge is -2.07. The van der Waals surface area contributed by atoms with Crippen molar-refractivity contribution in [2.24, 2.45) is 0 Å². The molecule has 0 saturated carbocycles. The number of ether oxygens (including phenoxy) is 1. The van der Waals surface area contributed by atoms with Gasteiger partial charge in [0.15, 0.2) is 0 Å². The SMILES string of the molecule is OCC1CCC(CO)O1. The Labute approximate surface area is 54.3 Å². The lowest BCUT2D eigenvalue weighted by Crippen LogP contribution is -2.16. The van der Waals surface area contributed by atoms with Gasteiger partial charge >= 0.3 is 0 Å². The maximum absolute atomic E-state index is 8.57. The molecule has 2 unspecified atom stereocenters. The molecule has 0 radical (unpaired) electrons. The Morgan fingerprint density at radius 1 is 1.11 bits per heavy atom. The highest BCUT2D eigenvalue weighted by Crippen LogP contribution is 2.17. The molecule has 0 aromatic carbocycles. The number of aliphatic hydroxyl groups excluding tert-OH is 2. The molecule has 1 heterocycles. The fourth-order valence-electron chi connectivity index (χ4n) is 1.05. The van der Waals surface area contributed by atoms with Crippen molar-refractivity contribution in [2.75, 3.05) is 13.2 Å². The van der Waals surface area contributed by atoms with Crippen molar-refractivity contribution in [1.82, 2.24) is 0 Å². The molecule has 0 bridgehead atoms. The van der Waals surface area contributed by atoms with Crippen LogP contribution < -0.4 is 0 Å². The van der Waals surface area contributed by atoms with Gasteiger partial charge in [-0.3, -0.25) is 0 Å². The van der Waals surface area contributed by atoms with Crippen LogP contribution in [0.1, 0.15) is 12.8 Å². The summed E-state index contributed by atoms with van der Waals surface area (Å²) in [6, 6.07) is 0. The Balaban J connectivity index is 2.20. The van der Waals surface area contributed by atoms with Crippen LogP contribution in [0.4, 0.5) is 0 Å². The van der Waals surface area contributed by atoms with E-state index in [4.69, 9.17) is 14.9 Å². The van der Waals surface area contributed by atoms with Crippen molar-refractivity contribution >= 4 is 0 Å². The van der Waals surface area contributed by atoms with Crippen LogP contribution in [0.3, 0.4) is 0 Å². The largest absolute Gasteiger partial charge is 0.394 e. The Morgan fingerprint density at radius 2 is 1.56 bits per heavy atom. The Bertz CT molecular complexity index is 74.4. The first-order valence-corrected chi connectivity index (χ1v) is 3.24. The van der Waals surface area contributed by atoms with E-state index in [-0.39, 0.29) is 25.4 Å². The molecule has 2 atom stereocenters. The van der Waals surface area contributed by atoms with E-state index in [1.807, 2.05) is 0 Å². The summed E-state index contributed by atoms with van der Waals surface area (Å²) in [5.74, 6) is 0. The van der Waals surface area contributed by atoms with Crippen molar-refractivity contribution < 1.29 is 14.9 Å². The van der Waals surface area contributed by atoms with E-state index in [0.29, 0.717) is 0 Å². The van der Waals surface area contributed by atoms with Crippen molar-refractivity contribution in [1.29, 1.82) is 0 Å². The monoisotopic (exact) mass is 132 g/mol. The summed E-state index contributed by atoms with van der Waals surface area (Å²) >= 11 is 0. The fraction of sp³-hybridized carbons (Fsp3) is 1.00. The molecule has 0 aliphatic carbocycles. The highest BCUT2D eigenvalue weighted by Gasteiger charge is 2.23. The first-order chi connectivity index (χ1) is 4.36. The number of aliphatic hydroxyl groups is 2. The first-order valence-electron chi connectivity index (χ1n) is 3.24. The molecule has 1 aliphatic rings. The number of hydrogen-bond donors (Lipinski definition) is 2. The molecule has 2 N–H and O–H groups in total. The summed E-state index contributed by atoms with van der Waals surface area (Å²) in [7, 11) is 0. The second-order valence-corrected chi connectivity index (χ2v) is 2.32. The van der Waals surface area contributed by atoms with E-state index in [9.17, 15) is 0 Å². The van der Waals surface area contributed by atoms with Crippen molar-refractivity contribution in [2.45, 2.75) is 25.0 Å². The second-order valence-electron chi connectivity index (χ2n) is 2.32. The zero-order valence-corrected chi connectivity index (χ0v) is 5.29. The zero-order chi connectivity index (χ0) is 6.69. The molecule has 54 valence electrons. The molecule has 0 spiro atoms. The summed E-state index contributed by atoms with van der Waals surface area (Å²) in [6.45, 7) is 0.160. The topological polar surface area (TPSA) is 49.7 Å². The lowest BCUT2D eigenvalue weighted by molar-refractivity contribution is -0.0119. The minimum Gasteiger partial charge on any atom is -0.394 e. The molecule has 3 heteroatoms. The standard InChI is InChI=1S/C6H12O3/c7-3-5-1-2-6(4-8)9-5/h5-8H,1-4H2. The second kappa shape index (κ2) is 3.15. The zero-order valence-electron chi connectivity index (χ0n) is 5.29. The van der Waals surface area contributed by atoms with Gasteiger partial charge in [-0.25, -0.2) is 0 Å². The molecule has 3 nitrogen and oxygen atoms in total. The van der Waals surface area contributed by atoms with Gasteiger partial charge in [-0.05, 0) is 12.8 Å². The molecule has 1 saturated heterocycles. The van der Waals surface area contributed by atoms with Gasteiger partial charge in [0.25, 0.3) is 0 Å². The lowest BCUT2D eigenvalue weighted by atomic mass is 10.2. The van der Waals surface area contributed by atoms with Gasteiger partial charge in [-0.2, -0.15) is 0 Å². The highest BCUT2D eigenvalue weighted by atomic mass is 16.5. The molecule has 1 rings (SSSR count). The smallest absolute Gasteiger partial charge is 0.0811 e. The Morgan fingerprint density at radius 3 is 1.78 bits per heavy atom. The molecule has 9 heavy (non-hydrogen) atoms. The highest BCUT2D eigenvalue weighted by molar-refractivity contribution is 4.71. The quantitative estimate of drug-likeness (QED) is 0.533. The van der Waals surface area contributed by atoms with E-state index in [1.165, 1.54) is 0 Å². The van der Waals surface area contributed by atoms with Crippen molar-refractivity contribution in [3.05, 3.63) is 0 Å². The van der Waals surface area contributed by atoms with Gasteiger partial charge in [-0.1, -0.05) is 0 Å². The minimum atomic E-state index is -0.0258. The third-order valence-corrected chi connectivity index (χ3v) is 1.60. The molecule has 0 aromatic heterocycles. The summed E-state index contributed by atoms with van der Waals surface area (Å²) in [4.78, 5) is 0. The van der Waals surface area contributed by atoms with Crippen LogP contribution in [0.5, 0.6) is 0 Å². The maximum Gasteiger partial charge on any atom is 0.0811 e. The molecule has 1 aliphatic heterocycles. The Kier molecular flexibility index (Phi) is 2.45. The van der Waals surface area contributed by atoms with Crippen LogP contribution in [0.25, 0.3) is 0 Å². The Hall–Kier alpha value is -0.120. The third kappa shape index (κ3) is 1.64. The van der Waals surface area contributed by atoms with E-state index in [0.717, 1.165) is 12.8 Å². The fourth-order valence-corrected chi connectivity index (χ4v) is 1.05. The number of rotatable bonds is 2. The number of hydrogen-bond acceptors (Lipinski definition) is 3. The van der Waals surface area contributed by atoms with Crippen LogP contribution in [0.15, 0.2) is 0 Å². The summed E-state index contributed by atoms with van der Waals surface area (Å²) in [5, 5.41) is 17.1. The maximum atomic E-state index is 8.57. The van der Waals surface area contributed by atoms with Gasteiger partial charge in [0.2, 0.25) is 0 Å². The average molecular weight is 132 g/mol. The molecular formula is C6H12O3. The third-order valence-electron chi connectivity index (χ3n) is 1.60. The van der Waals surface area contributed by atoms with Crippen molar-refractivity contribution in [3.63, 3.8) is 0 Å². The summed E-state index contributed by atoms with van der Waals surface area (Å²) in [6.07, 6.45) is 1.70. The minimum absolute atomic E-state index is 0.0258. The van der Waals surface area contributed by atoms with Gasteiger partial charge in [0.05, 0.1) is 25.4 Å². The predicted octanol–water partition coefficient (Wildman–Crippen LogP) is -0.481. The molecule has 0 aromatic rings. The average Bonchev–Trinajstić information content (AvgIpc) is 2.34. The van der Waals surface area contributed by atoms with Gasteiger partial charge in [-0.15, -0.1) is 0 Å². The van der Waals surface area contributed by atoms with Gasteiger partial charge in [0, 0.05) is 0 Å². The van der Waals surface area contributed by atoms with E-state index < -0.39 is 0 Å². The van der Waals surface area contributed by atoms with Gasteiger partial charge < -0.3 is 14.9 Å². The van der Waals surface area contributed by atoms with Crippen LogP contribution in [-0.4, -0.2) is 35.6 Å². The van der Waals surface area contributed by atoms with Crippen LogP contribution in [0, 0.1) is 0 Å². The molecule has 0 amide bonds. The van der Waals surface area contributed by atoms with Crippen LogP contribution in [-0.2, 0) is 4.74 Å². The summed E-state index contributed by atoms with van der Waals surface area (Å²) < 4.78 is 5.16. The van der Waals surface area contributed by atoms with Crippen molar-refractivity contribution in [3.8, 4) is 0 Å². The summed E-state index contributed by atoms with van der Waals surface area (Å²) in [5.41, 5.74) is 0. The van der Waals surface area contributed by atoms with Crippen LogP contribution in [0.2, 0.25) is 0 Å². The van der Waals surface area contributed by atoms with E-state index in [1.54, 1.807) is 0 Å². The van der Waals surface area contributed by atoms with E-state index in [2.05, 4.69) is 0 Å². The molecular weight excluding hydrogens is 120 g/mol. The van der Waals surface area contributed by atoms with E-state index >= 15 is 0 Å². The predicted molar refractivity (Wildman–Crippen MR) is 32.1 cm³/mol. The molecule has 1 fully saturated rings. The normalized spacial score (nSPS) is 35.3. The van der Waals surface area contributed by atoms with Crippen LogP contribution >= 0.6 is 0 Å². The van der Waals surface area contributed by atoms with Gasteiger partial charge in [0.1, 0.15) is 0 Å².